The average Bonchev–Trinajstić information content (AvgIpc) is 0.736. The van der Waals surface area contributed by atoms with Crippen LogP contribution in [0.5, 0.6) is 0 Å². The molecule has 0 aromatic heterocycles. The summed E-state index contributed by atoms with van der Waals surface area (Å²) < 4.78 is 2.14. The predicted octanol–water partition coefficient (Wildman–Crippen LogP) is 25.6. The van der Waals surface area contributed by atoms with E-state index in [1.165, 1.54) is 392 Å². The molecule has 0 saturated heterocycles. The van der Waals surface area contributed by atoms with Gasteiger partial charge in [-0.3, -0.25) is 23.0 Å². The van der Waals surface area contributed by atoms with Crippen molar-refractivity contribution in [1.82, 2.24) is 0 Å². The fraction of sp³-hybridized carbons (Fsp3) is 0.948. The molecule has 3 amide bonds. The minimum atomic E-state index is -0.678. The molecule has 9 aliphatic carbocycles. The summed E-state index contributed by atoms with van der Waals surface area (Å²) in [4.78, 5) is 72.1. The molecular weight excluding hydrogens is 1360 g/mol. The van der Waals surface area contributed by atoms with E-state index >= 15 is 14.4 Å². The van der Waals surface area contributed by atoms with Crippen LogP contribution < -0.4 is 0 Å². The summed E-state index contributed by atoms with van der Waals surface area (Å²) in [5.74, 6) is -0.451. The minimum Gasteiger partial charge on any atom is -0.481 e. The van der Waals surface area contributed by atoms with Crippen molar-refractivity contribution in [3.05, 3.63) is 0 Å². The van der Waals surface area contributed by atoms with Gasteiger partial charge < -0.3 is 20.4 Å². The zero-order valence-corrected chi connectivity index (χ0v) is 73.2. The van der Waals surface area contributed by atoms with Gasteiger partial charge in [-0.2, -0.15) is 0 Å². The Morgan fingerprint density at radius 2 is 0.431 bits per heavy atom. The molecule has 2 unspecified atom stereocenters. The summed E-state index contributed by atoms with van der Waals surface area (Å²) in [6.07, 6.45) is 88.9. The zero-order valence-electron chi connectivity index (χ0n) is 71.8. The predicted molar refractivity (Wildman–Crippen MR) is 453 cm³/mol. The molecule has 9 rings (SSSR count). The van der Waals surface area contributed by atoms with Crippen molar-refractivity contribution >= 4 is 52.7 Å². The fourth-order valence-electron chi connectivity index (χ4n) is 24.7. The Hall–Kier alpha value is -1.48. The van der Waals surface area contributed by atoms with E-state index in [-0.39, 0.29) is 35.3 Å². The fourth-order valence-corrected chi connectivity index (χ4v) is 24.7. The normalized spacial score (nSPS) is 21.5. The number of amides is 3. The van der Waals surface area contributed by atoms with Crippen molar-refractivity contribution in [1.29, 1.82) is 0 Å². The van der Waals surface area contributed by atoms with Crippen LogP contribution in [0.15, 0.2) is 0 Å². The largest absolute Gasteiger partial charge is 2.00 e. The Morgan fingerprint density at radius 3 is 0.624 bits per heavy atom. The van der Waals surface area contributed by atoms with Crippen LogP contribution in [0.3, 0.4) is 0 Å². The van der Waals surface area contributed by atoms with Crippen LogP contribution in [0.2, 0.25) is 0 Å². The van der Waals surface area contributed by atoms with E-state index in [0.717, 1.165) is 86.0 Å². The maximum Gasteiger partial charge on any atom is 2.00 e. The molecule has 626 valence electrons. The van der Waals surface area contributed by atoms with Gasteiger partial charge in [-0.25, -0.2) is 14.4 Å². The van der Waals surface area contributed by atoms with E-state index in [2.05, 4.69) is 13.8 Å². The second-order valence-electron chi connectivity index (χ2n) is 37.9. The van der Waals surface area contributed by atoms with Crippen molar-refractivity contribution in [2.75, 3.05) is 0 Å². The third-order valence-corrected chi connectivity index (χ3v) is 30.2. The topological polar surface area (TPSA) is 166 Å². The van der Waals surface area contributed by atoms with Crippen molar-refractivity contribution in [2.45, 2.75) is 575 Å². The molecule has 109 heavy (non-hydrogen) atoms. The van der Waals surface area contributed by atoms with Crippen LogP contribution in [0.25, 0.3) is 0 Å². The van der Waals surface area contributed by atoms with Gasteiger partial charge in [0.25, 0.3) is 0 Å². The molecule has 2 atom stereocenters. The van der Waals surface area contributed by atoms with Gasteiger partial charge in [-0.15, -0.1) is 0 Å². The van der Waals surface area contributed by atoms with E-state index in [0.29, 0.717) is 102 Å². The molecule has 0 heterocycles. The number of aliphatic hydroxyl groups excluding tert-OH is 2. The van der Waals surface area contributed by atoms with Crippen molar-refractivity contribution in [3.63, 3.8) is 0 Å². The Kier molecular flexibility index (Phi) is 50.2. The molecule has 4 N–H and O–H groups in total. The molecule has 9 saturated carbocycles. The number of nitrogens with zero attached hydrogens (tertiary/aromatic N) is 3. The number of carbonyl (C=O) groups is 5. The van der Waals surface area contributed by atoms with Crippen molar-refractivity contribution < 1.29 is 57.8 Å². The Bertz CT molecular complexity index is 2090. The quantitative estimate of drug-likeness (QED) is 0.0264. The number of hydrogen-bond donors (Lipinski definition) is 4. The van der Waals surface area contributed by atoms with Gasteiger partial charge in [0.2, 0.25) is 0 Å². The average molecular weight is 1540 g/mol. The summed E-state index contributed by atoms with van der Waals surface area (Å²) in [6, 6.07) is 3.52. The van der Waals surface area contributed by atoms with Crippen LogP contribution in [-0.4, -0.2) is 153 Å². The van der Waals surface area contributed by atoms with E-state index < -0.39 is 17.9 Å². The first-order chi connectivity index (χ1) is 52.8. The van der Waals surface area contributed by atoms with E-state index in [1.807, 2.05) is 0 Å². The minimum absolute atomic E-state index is 0. The van der Waals surface area contributed by atoms with Gasteiger partial charge in [-0.05, 0) is 270 Å². The van der Waals surface area contributed by atoms with E-state index in [1.54, 1.807) is 0 Å². The maximum absolute atomic E-state index is 17.5. The number of quaternary nitrogens is 3. The number of carbonyl (C=O) groups excluding carboxylic acids is 3. The smallest absolute Gasteiger partial charge is 0.481 e. The maximum atomic E-state index is 17.5. The molecule has 0 aromatic rings. The molecule has 0 aliphatic heterocycles. The molecule has 0 bridgehead atoms. The molecule has 0 aromatic carbocycles. The summed E-state index contributed by atoms with van der Waals surface area (Å²) in [7, 11) is 0. The van der Waals surface area contributed by atoms with E-state index in [9.17, 15) is 19.8 Å². The van der Waals surface area contributed by atoms with Gasteiger partial charge in [0.05, 0.1) is 85.3 Å². The van der Waals surface area contributed by atoms with E-state index in [4.69, 9.17) is 10.2 Å². The van der Waals surface area contributed by atoms with Gasteiger partial charge in [-0.1, -0.05) is 213 Å². The van der Waals surface area contributed by atoms with Gasteiger partial charge in [0.1, 0.15) is 0 Å². The molecule has 9 aliphatic rings. The molecule has 12 nitrogen and oxygen atoms in total. The second kappa shape index (κ2) is 56.8. The van der Waals surface area contributed by atoms with Crippen LogP contribution in [0, 0.1) is 5.92 Å². The van der Waals surface area contributed by atoms with Gasteiger partial charge in [0, 0.05) is 12.8 Å². The van der Waals surface area contributed by atoms with Gasteiger partial charge >= 0.3 is 52.7 Å². The number of aliphatic hydroxyl groups is 2. The van der Waals surface area contributed by atoms with Crippen molar-refractivity contribution in [2.24, 2.45) is 5.92 Å². The van der Waals surface area contributed by atoms with Gasteiger partial charge in [0.15, 0.2) is 0 Å². The number of carboxylic acid groups (broad SMARTS) is 2. The van der Waals surface area contributed by atoms with Crippen LogP contribution >= 0.6 is 0 Å². The summed E-state index contributed by atoms with van der Waals surface area (Å²) in [6.45, 7) is 4.42. The molecule has 9 fully saturated rings. The molecule has 0 radical (unpaired) electrons. The first kappa shape index (κ1) is 96.4. The number of rotatable bonds is 46. The van der Waals surface area contributed by atoms with Crippen LogP contribution in [0.4, 0.5) is 0 Å². The first-order valence-electron chi connectivity index (χ1n) is 48.9. The summed E-state index contributed by atoms with van der Waals surface area (Å²) in [5, 5.41) is 36.7. The van der Waals surface area contributed by atoms with Crippen molar-refractivity contribution in [3.8, 4) is 0 Å². The third-order valence-electron chi connectivity index (χ3n) is 30.2. The second-order valence-corrected chi connectivity index (χ2v) is 37.9. The molecular formula is C96H176MgN3O9+5. The Balaban J connectivity index is 0.000000354. The Labute approximate surface area is 687 Å². The number of hydrogen-bond acceptors (Lipinski definition) is 7. The molecule has 0 spiro atoms. The number of unbranched alkanes of at least 4 members (excludes halogenated alkanes) is 20. The Morgan fingerprint density at radius 1 is 0.257 bits per heavy atom. The van der Waals surface area contributed by atoms with Crippen LogP contribution in [-0.2, 0) is 24.0 Å². The monoisotopic (exact) mass is 1540 g/mol. The summed E-state index contributed by atoms with van der Waals surface area (Å²) in [5.41, 5.74) is 0. The number of aliphatic carboxylic acids is 2. The zero-order chi connectivity index (χ0) is 76.8. The van der Waals surface area contributed by atoms with Crippen LogP contribution in [0.1, 0.15) is 508 Å². The third kappa shape index (κ3) is 31.4. The first-order valence-corrected chi connectivity index (χ1v) is 48.9. The summed E-state index contributed by atoms with van der Waals surface area (Å²) >= 11 is 0. The standard InChI is InChI=1S/C60H104N3O3.2C18H36O3.Mg/c64-58(61(49-28-10-1-11-29-49,50-30-12-2-13-31-50)51-32-14-3-15-33-51)46-48(60(66)63(55-40-22-7-23-41-55,56-42-24-8-25-43-56)57-44-26-9-27-45-57)47-59(65)62(52-34-16-4-17-35-52,53-36-18-5-19-37-53)54-38-20-6-21-39-54;2*1-2-3-4-11-14-17(19)15-12-9-7-5-6-8-10-13-16-18(20)21;/h48-57H,1-47H2;2*17,19H,2-16H2,1H3,(H,20,21);/q+3;;;+2. The SMILES string of the molecule is CCCCCCC(O)CCCCCCCCCCC(=O)O.CCCCCCC(O)CCCCCCCCCCC(=O)O.O=C(CC(CC(=O)[N+](C1CCCCC1)(C1CCCCC1)C1CCCCC1)C(=O)[N+](C1CCCCC1)(C1CCCCC1)C1CCCCC1)[N+](C1CCCCC1)(C1CCCCC1)C1CCCCC1.[Mg+2]. The number of carboxylic acids is 2. The molecule has 13 heteroatoms.